The Balaban J connectivity index is 2.98. The van der Waals surface area contributed by atoms with Gasteiger partial charge in [0.15, 0.2) is 0 Å². The van der Waals surface area contributed by atoms with Crippen LogP contribution in [0.2, 0.25) is 0 Å². The Morgan fingerprint density at radius 2 is 2.30 bits per heavy atom. The van der Waals surface area contributed by atoms with Crippen LogP contribution in [0.3, 0.4) is 0 Å². The second-order valence-corrected chi connectivity index (χ2v) is 2.08. The summed E-state index contributed by atoms with van der Waals surface area (Å²) in [7, 11) is 0. The number of ether oxygens (including phenoxy) is 1. The molecule has 0 aromatic carbocycles. The Morgan fingerprint density at radius 3 is 2.70 bits per heavy atom. The molecule has 0 spiro atoms. The molecular formula is C6H12O4. The van der Waals surface area contributed by atoms with Crippen molar-refractivity contribution in [3.63, 3.8) is 0 Å². The molecular weight excluding hydrogens is 136 g/mol. The van der Waals surface area contributed by atoms with Gasteiger partial charge in [0, 0.05) is 6.61 Å². The Kier molecular flexibility index (Phi) is 4.88. The normalized spacial score (nSPS) is 13.0. The van der Waals surface area contributed by atoms with Crippen LogP contribution in [0.5, 0.6) is 0 Å². The lowest BCUT2D eigenvalue weighted by Crippen LogP contribution is -2.11. The molecule has 0 aliphatic heterocycles. The molecule has 4 nitrogen and oxygen atoms in total. The summed E-state index contributed by atoms with van der Waals surface area (Å²) in [5.41, 5.74) is 0. The van der Waals surface area contributed by atoms with E-state index in [0.29, 0.717) is 13.0 Å². The first-order chi connectivity index (χ1) is 4.63. The molecule has 0 bridgehead atoms. The van der Waals surface area contributed by atoms with E-state index in [0.717, 1.165) is 0 Å². The zero-order valence-corrected chi connectivity index (χ0v) is 5.91. The highest BCUT2D eigenvalue weighted by Gasteiger charge is 1.97. The minimum absolute atomic E-state index is 0.285. The van der Waals surface area contributed by atoms with Crippen LogP contribution in [-0.4, -0.2) is 35.5 Å². The Bertz CT molecular complexity index is 99.9. The maximum absolute atomic E-state index is 9.86. The fraction of sp³-hybridized carbons (Fsp3) is 0.833. The number of aliphatic carboxylic acids is 1. The first kappa shape index (κ1) is 9.39. The predicted octanol–water partition coefficient (Wildman–Crippen LogP) is -0.142. The van der Waals surface area contributed by atoms with Gasteiger partial charge in [0.1, 0.15) is 6.61 Å². The third-order valence-electron chi connectivity index (χ3n) is 0.906. The van der Waals surface area contributed by atoms with Crippen molar-refractivity contribution in [1.82, 2.24) is 0 Å². The molecule has 0 fully saturated rings. The third kappa shape index (κ3) is 7.39. The minimum Gasteiger partial charge on any atom is -0.480 e. The number of aliphatic hydroxyl groups excluding tert-OH is 1. The summed E-state index contributed by atoms with van der Waals surface area (Å²) >= 11 is 0. The van der Waals surface area contributed by atoms with E-state index >= 15 is 0 Å². The van der Waals surface area contributed by atoms with Crippen molar-refractivity contribution in [3.8, 4) is 0 Å². The molecule has 1 unspecified atom stereocenters. The number of rotatable bonds is 5. The summed E-state index contributed by atoms with van der Waals surface area (Å²) in [6.45, 7) is 1.64. The van der Waals surface area contributed by atoms with Gasteiger partial charge in [-0.25, -0.2) is 4.79 Å². The van der Waals surface area contributed by atoms with Crippen molar-refractivity contribution < 1.29 is 19.7 Å². The smallest absolute Gasteiger partial charge is 0.329 e. The number of hydrogen-bond donors (Lipinski definition) is 2. The van der Waals surface area contributed by atoms with Crippen molar-refractivity contribution in [1.29, 1.82) is 0 Å². The van der Waals surface area contributed by atoms with Gasteiger partial charge in [-0.3, -0.25) is 0 Å². The molecule has 0 aromatic heterocycles. The summed E-state index contributed by atoms with van der Waals surface area (Å²) in [5, 5.41) is 16.8. The Hall–Kier alpha value is -0.610. The van der Waals surface area contributed by atoms with E-state index in [9.17, 15) is 4.79 Å². The van der Waals surface area contributed by atoms with Crippen LogP contribution in [0.15, 0.2) is 0 Å². The predicted molar refractivity (Wildman–Crippen MR) is 34.8 cm³/mol. The van der Waals surface area contributed by atoms with Gasteiger partial charge < -0.3 is 14.9 Å². The highest BCUT2D eigenvalue weighted by molar-refractivity contribution is 5.67. The van der Waals surface area contributed by atoms with Crippen molar-refractivity contribution in [2.45, 2.75) is 19.4 Å². The third-order valence-corrected chi connectivity index (χ3v) is 0.906. The molecule has 0 saturated carbocycles. The van der Waals surface area contributed by atoms with E-state index in [-0.39, 0.29) is 6.61 Å². The lowest BCUT2D eigenvalue weighted by atomic mass is 10.3. The Labute approximate surface area is 59.4 Å². The molecule has 0 radical (unpaired) electrons. The van der Waals surface area contributed by atoms with Crippen LogP contribution in [0.4, 0.5) is 0 Å². The van der Waals surface area contributed by atoms with Crippen molar-refractivity contribution in [3.05, 3.63) is 0 Å². The fourth-order valence-corrected chi connectivity index (χ4v) is 0.413. The molecule has 0 saturated heterocycles. The van der Waals surface area contributed by atoms with Crippen molar-refractivity contribution in [2.24, 2.45) is 0 Å². The van der Waals surface area contributed by atoms with Crippen LogP contribution in [0.25, 0.3) is 0 Å². The zero-order valence-electron chi connectivity index (χ0n) is 5.91. The van der Waals surface area contributed by atoms with E-state index in [1.807, 2.05) is 0 Å². The summed E-state index contributed by atoms with van der Waals surface area (Å²) in [6.07, 6.45) is 0.0570. The Morgan fingerprint density at radius 1 is 1.70 bits per heavy atom. The summed E-state index contributed by atoms with van der Waals surface area (Å²) in [5.74, 6) is -0.981. The quantitative estimate of drug-likeness (QED) is 0.532. The van der Waals surface area contributed by atoms with Gasteiger partial charge >= 0.3 is 5.97 Å². The van der Waals surface area contributed by atoms with Crippen LogP contribution in [-0.2, 0) is 9.53 Å². The lowest BCUT2D eigenvalue weighted by molar-refractivity contribution is -0.142. The SMILES string of the molecule is CC(O)CCOCC(=O)O. The van der Waals surface area contributed by atoms with Gasteiger partial charge in [-0.15, -0.1) is 0 Å². The largest absolute Gasteiger partial charge is 0.480 e. The van der Waals surface area contributed by atoms with Crippen LogP contribution >= 0.6 is 0 Å². The zero-order chi connectivity index (χ0) is 7.98. The monoisotopic (exact) mass is 148 g/mol. The summed E-state index contributed by atoms with van der Waals surface area (Å²) < 4.78 is 4.65. The number of aliphatic hydroxyl groups is 1. The van der Waals surface area contributed by atoms with Crippen LogP contribution in [0, 0.1) is 0 Å². The van der Waals surface area contributed by atoms with Crippen molar-refractivity contribution >= 4 is 5.97 Å². The van der Waals surface area contributed by atoms with E-state index < -0.39 is 12.1 Å². The van der Waals surface area contributed by atoms with Gasteiger partial charge in [0.05, 0.1) is 6.10 Å². The molecule has 0 aliphatic carbocycles. The van der Waals surface area contributed by atoms with Crippen LogP contribution < -0.4 is 0 Å². The number of carboxylic acid groups (broad SMARTS) is 1. The van der Waals surface area contributed by atoms with Gasteiger partial charge in [0.2, 0.25) is 0 Å². The van der Waals surface area contributed by atoms with Gasteiger partial charge in [-0.05, 0) is 13.3 Å². The van der Waals surface area contributed by atoms with Gasteiger partial charge in [-0.1, -0.05) is 0 Å². The average molecular weight is 148 g/mol. The summed E-state index contributed by atoms with van der Waals surface area (Å²) in [6, 6.07) is 0. The molecule has 2 N–H and O–H groups in total. The van der Waals surface area contributed by atoms with E-state index in [1.165, 1.54) is 0 Å². The first-order valence-electron chi connectivity index (χ1n) is 3.10. The standard InChI is InChI=1S/C6H12O4/c1-5(7)2-3-10-4-6(8)9/h5,7H,2-4H2,1H3,(H,8,9). The number of carbonyl (C=O) groups is 1. The summed E-state index contributed by atoms with van der Waals surface area (Å²) in [4.78, 5) is 9.86. The molecule has 10 heavy (non-hydrogen) atoms. The van der Waals surface area contributed by atoms with Crippen LogP contribution in [0.1, 0.15) is 13.3 Å². The van der Waals surface area contributed by atoms with Gasteiger partial charge in [-0.2, -0.15) is 0 Å². The van der Waals surface area contributed by atoms with E-state index in [4.69, 9.17) is 10.2 Å². The minimum atomic E-state index is -0.981. The van der Waals surface area contributed by atoms with E-state index in [1.54, 1.807) is 6.92 Å². The molecule has 60 valence electrons. The highest BCUT2D eigenvalue weighted by atomic mass is 16.5. The van der Waals surface area contributed by atoms with Crippen molar-refractivity contribution in [2.75, 3.05) is 13.2 Å². The molecule has 0 rings (SSSR count). The molecule has 0 heterocycles. The van der Waals surface area contributed by atoms with Gasteiger partial charge in [0.25, 0.3) is 0 Å². The molecule has 0 aromatic rings. The lowest BCUT2D eigenvalue weighted by Gasteiger charge is -2.02. The second kappa shape index (κ2) is 5.20. The first-order valence-corrected chi connectivity index (χ1v) is 3.10. The molecule has 0 aliphatic rings. The average Bonchev–Trinajstić information content (AvgIpc) is 1.79. The molecule has 4 heteroatoms. The number of carboxylic acids is 1. The molecule has 1 atom stereocenters. The maximum atomic E-state index is 9.86. The maximum Gasteiger partial charge on any atom is 0.329 e. The van der Waals surface area contributed by atoms with E-state index in [2.05, 4.69) is 4.74 Å². The molecule has 0 amide bonds. The highest BCUT2D eigenvalue weighted by Crippen LogP contribution is 1.89. The number of hydrogen-bond acceptors (Lipinski definition) is 3. The topological polar surface area (TPSA) is 66.8 Å². The second-order valence-electron chi connectivity index (χ2n) is 2.08. The fourth-order valence-electron chi connectivity index (χ4n) is 0.413.